The molecule has 1 saturated carbocycles. The summed E-state index contributed by atoms with van der Waals surface area (Å²) in [6, 6.07) is 7.89. The molecule has 1 aromatic carbocycles. The maximum Gasteiger partial charge on any atom is 0.317 e. The van der Waals surface area contributed by atoms with Crippen LogP contribution in [0.4, 0.5) is 4.79 Å². The first kappa shape index (κ1) is 16.6. The van der Waals surface area contributed by atoms with Gasteiger partial charge in [-0.15, -0.1) is 0 Å². The number of carbonyl (C=O) groups excluding carboxylic acids is 1. The van der Waals surface area contributed by atoms with Crippen molar-refractivity contribution in [3.63, 3.8) is 0 Å². The summed E-state index contributed by atoms with van der Waals surface area (Å²) in [6.45, 7) is 6.79. The molecular weight excluding hydrogens is 280 g/mol. The lowest BCUT2D eigenvalue weighted by Gasteiger charge is -2.24. The molecule has 122 valence electrons. The van der Waals surface area contributed by atoms with E-state index in [2.05, 4.69) is 5.32 Å². The van der Waals surface area contributed by atoms with Gasteiger partial charge < -0.3 is 20.1 Å². The molecule has 0 saturated heterocycles. The summed E-state index contributed by atoms with van der Waals surface area (Å²) in [5.41, 5.74) is 0.669. The van der Waals surface area contributed by atoms with Gasteiger partial charge in [0, 0.05) is 24.7 Å². The number of hydrogen-bond donors (Lipinski definition) is 2. The van der Waals surface area contributed by atoms with Crippen molar-refractivity contribution in [1.82, 2.24) is 10.2 Å². The van der Waals surface area contributed by atoms with Crippen molar-refractivity contribution in [2.45, 2.75) is 51.8 Å². The highest BCUT2D eigenvalue weighted by atomic mass is 16.5. The quantitative estimate of drug-likeness (QED) is 0.849. The number of para-hydroxylation sites is 1. The summed E-state index contributed by atoms with van der Waals surface area (Å²) in [7, 11) is 0. The molecule has 2 N–H and O–H groups in total. The van der Waals surface area contributed by atoms with Crippen molar-refractivity contribution >= 4 is 6.03 Å². The van der Waals surface area contributed by atoms with Crippen LogP contribution in [0.25, 0.3) is 0 Å². The van der Waals surface area contributed by atoms with Crippen molar-refractivity contribution in [3.8, 4) is 5.75 Å². The molecule has 0 unspecified atom stereocenters. The molecule has 1 aromatic rings. The van der Waals surface area contributed by atoms with Gasteiger partial charge in [-0.1, -0.05) is 18.2 Å². The Kier molecular flexibility index (Phi) is 5.29. The first-order valence-corrected chi connectivity index (χ1v) is 7.83. The summed E-state index contributed by atoms with van der Waals surface area (Å²) in [5.74, 6) is 0.787. The van der Waals surface area contributed by atoms with Crippen LogP contribution in [-0.2, 0) is 6.54 Å². The normalized spacial score (nSPS) is 14.5. The maximum atomic E-state index is 12.2. The predicted molar refractivity (Wildman–Crippen MR) is 85.9 cm³/mol. The molecule has 5 heteroatoms. The van der Waals surface area contributed by atoms with Gasteiger partial charge in [-0.25, -0.2) is 4.79 Å². The minimum absolute atomic E-state index is 0.00631. The van der Waals surface area contributed by atoms with E-state index in [1.54, 1.807) is 4.90 Å². The molecule has 1 fully saturated rings. The fourth-order valence-electron chi connectivity index (χ4n) is 2.30. The van der Waals surface area contributed by atoms with Crippen LogP contribution in [0.1, 0.15) is 39.2 Å². The van der Waals surface area contributed by atoms with Crippen molar-refractivity contribution < 1.29 is 14.6 Å². The molecule has 0 spiro atoms. The lowest BCUT2D eigenvalue weighted by molar-refractivity contribution is 0.129. The van der Waals surface area contributed by atoms with Gasteiger partial charge in [-0.05, 0) is 39.7 Å². The lowest BCUT2D eigenvalue weighted by atomic mass is 10.1. The molecule has 0 heterocycles. The standard InChI is InChI=1S/C17H26N2O3/c1-17(2,3)22-15-7-5-4-6-13(15)12-18-16(21)19(10-11-20)14-8-9-14/h4-7,14,20H,8-12H2,1-3H3,(H,18,21). The average molecular weight is 306 g/mol. The molecule has 2 rings (SSSR count). The number of aliphatic hydroxyl groups is 1. The zero-order chi connectivity index (χ0) is 16.2. The minimum atomic E-state index is -0.281. The number of aliphatic hydroxyl groups excluding tert-OH is 1. The Morgan fingerprint density at radius 2 is 2.05 bits per heavy atom. The fraction of sp³-hybridized carbons (Fsp3) is 0.588. The summed E-state index contributed by atoms with van der Waals surface area (Å²) < 4.78 is 5.93. The third kappa shape index (κ3) is 4.91. The van der Waals surface area contributed by atoms with E-state index in [0.29, 0.717) is 13.1 Å². The lowest BCUT2D eigenvalue weighted by Crippen LogP contribution is -2.42. The number of urea groups is 1. The van der Waals surface area contributed by atoms with Gasteiger partial charge in [-0.3, -0.25) is 0 Å². The Labute approximate surface area is 132 Å². The van der Waals surface area contributed by atoms with E-state index >= 15 is 0 Å². The van der Waals surface area contributed by atoms with Crippen molar-refractivity contribution in [2.75, 3.05) is 13.2 Å². The van der Waals surface area contributed by atoms with E-state index in [1.165, 1.54) is 0 Å². The van der Waals surface area contributed by atoms with Gasteiger partial charge in [0.2, 0.25) is 0 Å². The second-order valence-electron chi connectivity index (χ2n) is 6.63. The van der Waals surface area contributed by atoms with Gasteiger partial charge >= 0.3 is 6.03 Å². The number of nitrogens with one attached hydrogen (secondary N) is 1. The summed E-state index contributed by atoms with van der Waals surface area (Å²) in [4.78, 5) is 14.0. The van der Waals surface area contributed by atoms with Crippen LogP contribution >= 0.6 is 0 Å². The first-order valence-electron chi connectivity index (χ1n) is 7.83. The third-order valence-electron chi connectivity index (χ3n) is 3.41. The topological polar surface area (TPSA) is 61.8 Å². The molecule has 1 aliphatic carbocycles. The molecule has 0 radical (unpaired) electrons. The van der Waals surface area contributed by atoms with Gasteiger partial charge in [-0.2, -0.15) is 0 Å². The second kappa shape index (κ2) is 7.01. The number of carbonyl (C=O) groups is 1. The van der Waals surface area contributed by atoms with E-state index in [9.17, 15) is 4.79 Å². The minimum Gasteiger partial charge on any atom is -0.488 e. The van der Waals surface area contributed by atoms with Crippen LogP contribution in [0.2, 0.25) is 0 Å². The number of amides is 2. The molecular formula is C17H26N2O3. The van der Waals surface area contributed by atoms with Gasteiger partial charge in [0.1, 0.15) is 11.4 Å². The molecule has 0 atom stereocenters. The zero-order valence-electron chi connectivity index (χ0n) is 13.6. The van der Waals surface area contributed by atoms with Crippen LogP contribution in [0.5, 0.6) is 5.75 Å². The molecule has 0 bridgehead atoms. The average Bonchev–Trinajstić information content (AvgIpc) is 3.26. The van der Waals surface area contributed by atoms with Crippen molar-refractivity contribution in [2.24, 2.45) is 0 Å². The largest absolute Gasteiger partial charge is 0.488 e. The van der Waals surface area contributed by atoms with Crippen LogP contribution in [-0.4, -0.2) is 40.8 Å². The van der Waals surface area contributed by atoms with E-state index < -0.39 is 0 Å². The number of ether oxygens (including phenoxy) is 1. The number of benzene rings is 1. The van der Waals surface area contributed by atoms with Gasteiger partial charge in [0.15, 0.2) is 0 Å². The highest BCUT2D eigenvalue weighted by Crippen LogP contribution is 2.27. The number of rotatable bonds is 6. The molecule has 2 amide bonds. The smallest absolute Gasteiger partial charge is 0.317 e. The monoisotopic (exact) mass is 306 g/mol. The Bertz CT molecular complexity index is 507. The summed E-state index contributed by atoms with van der Waals surface area (Å²) >= 11 is 0. The predicted octanol–water partition coefficient (Wildman–Crippen LogP) is 2.53. The van der Waals surface area contributed by atoms with Gasteiger partial charge in [0.05, 0.1) is 6.61 Å². The highest BCUT2D eigenvalue weighted by Gasteiger charge is 2.32. The molecule has 0 aliphatic heterocycles. The van der Waals surface area contributed by atoms with Crippen LogP contribution < -0.4 is 10.1 Å². The van der Waals surface area contributed by atoms with E-state index in [1.807, 2.05) is 45.0 Å². The summed E-state index contributed by atoms with van der Waals surface area (Å²) in [5, 5.41) is 12.0. The maximum absolute atomic E-state index is 12.2. The SMILES string of the molecule is CC(C)(C)Oc1ccccc1CNC(=O)N(CCO)C1CC1. The Morgan fingerprint density at radius 3 is 2.64 bits per heavy atom. The third-order valence-corrected chi connectivity index (χ3v) is 3.41. The molecule has 1 aliphatic rings. The van der Waals surface area contributed by atoms with E-state index in [-0.39, 0.29) is 24.3 Å². The Hall–Kier alpha value is -1.75. The van der Waals surface area contributed by atoms with Crippen molar-refractivity contribution in [1.29, 1.82) is 0 Å². The molecule has 0 aromatic heterocycles. The molecule has 22 heavy (non-hydrogen) atoms. The van der Waals surface area contributed by atoms with E-state index in [4.69, 9.17) is 9.84 Å². The fourth-order valence-corrected chi connectivity index (χ4v) is 2.30. The van der Waals surface area contributed by atoms with Crippen LogP contribution in [0.3, 0.4) is 0 Å². The Balaban J connectivity index is 1.97. The van der Waals surface area contributed by atoms with Crippen LogP contribution in [0, 0.1) is 0 Å². The highest BCUT2D eigenvalue weighted by molar-refractivity contribution is 5.75. The zero-order valence-corrected chi connectivity index (χ0v) is 13.6. The van der Waals surface area contributed by atoms with Gasteiger partial charge in [0.25, 0.3) is 0 Å². The first-order chi connectivity index (χ1) is 10.4. The second-order valence-corrected chi connectivity index (χ2v) is 6.63. The van der Waals surface area contributed by atoms with Crippen molar-refractivity contribution in [3.05, 3.63) is 29.8 Å². The van der Waals surface area contributed by atoms with E-state index in [0.717, 1.165) is 24.2 Å². The molecule has 5 nitrogen and oxygen atoms in total. The number of hydrogen-bond acceptors (Lipinski definition) is 3. The number of nitrogens with zero attached hydrogens (tertiary/aromatic N) is 1. The van der Waals surface area contributed by atoms with Crippen LogP contribution in [0.15, 0.2) is 24.3 Å². The Morgan fingerprint density at radius 1 is 1.36 bits per heavy atom. The summed E-state index contributed by atoms with van der Waals surface area (Å²) in [6.07, 6.45) is 2.05.